The molecule has 0 N–H and O–H groups in total. The van der Waals surface area contributed by atoms with Crippen molar-refractivity contribution >= 4 is 21.7 Å². The van der Waals surface area contributed by atoms with Crippen LogP contribution >= 0.6 is 0 Å². The Labute approximate surface area is 125 Å². The van der Waals surface area contributed by atoms with Gasteiger partial charge in [-0.25, -0.2) is 4.39 Å². The molecule has 1 unspecified atom stereocenters. The number of halogens is 1. The summed E-state index contributed by atoms with van der Waals surface area (Å²) in [5.74, 6) is 0.133. The highest BCUT2D eigenvalue weighted by Crippen LogP contribution is 2.22. The summed E-state index contributed by atoms with van der Waals surface area (Å²) in [6.45, 7) is 0. The summed E-state index contributed by atoms with van der Waals surface area (Å²) in [6, 6.07) is 16.4. The summed E-state index contributed by atoms with van der Waals surface area (Å²) in [6.07, 6.45) is 2.24. The van der Waals surface area contributed by atoms with Crippen molar-refractivity contribution in [1.29, 1.82) is 0 Å². The number of pyridine rings is 1. The third-order valence-corrected chi connectivity index (χ3v) is 4.77. The van der Waals surface area contributed by atoms with Crippen molar-refractivity contribution in [1.82, 2.24) is 4.98 Å². The SMILES string of the molecule is O=S(CCc1ccccc1)c1ccnc2c(F)cccc12. The van der Waals surface area contributed by atoms with Crippen molar-refractivity contribution in [2.45, 2.75) is 11.3 Å². The fourth-order valence-electron chi connectivity index (χ4n) is 2.28. The average Bonchev–Trinajstić information content (AvgIpc) is 2.53. The molecule has 0 amide bonds. The molecule has 21 heavy (non-hydrogen) atoms. The Balaban J connectivity index is 1.87. The Morgan fingerprint density at radius 1 is 1.00 bits per heavy atom. The van der Waals surface area contributed by atoms with Gasteiger partial charge in [0.15, 0.2) is 0 Å². The van der Waals surface area contributed by atoms with Gasteiger partial charge in [-0.05, 0) is 24.1 Å². The van der Waals surface area contributed by atoms with Crippen LogP contribution in [0.1, 0.15) is 5.56 Å². The molecule has 106 valence electrons. The number of hydrogen-bond acceptors (Lipinski definition) is 2. The van der Waals surface area contributed by atoms with Gasteiger partial charge in [-0.2, -0.15) is 0 Å². The maximum absolute atomic E-state index is 13.7. The van der Waals surface area contributed by atoms with Crippen molar-refractivity contribution in [3.8, 4) is 0 Å². The molecule has 1 heterocycles. The van der Waals surface area contributed by atoms with E-state index in [-0.39, 0.29) is 11.3 Å². The Hall–Kier alpha value is -2.07. The van der Waals surface area contributed by atoms with E-state index in [1.165, 1.54) is 12.3 Å². The molecule has 2 aromatic carbocycles. The number of aromatic nitrogens is 1. The topological polar surface area (TPSA) is 30.0 Å². The van der Waals surface area contributed by atoms with E-state index in [9.17, 15) is 8.60 Å². The van der Waals surface area contributed by atoms with Crippen LogP contribution < -0.4 is 0 Å². The number of fused-ring (bicyclic) bond motifs is 1. The Kier molecular flexibility index (Phi) is 4.06. The number of aryl methyl sites for hydroxylation is 1. The van der Waals surface area contributed by atoms with Crippen molar-refractivity contribution < 1.29 is 8.60 Å². The Morgan fingerprint density at radius 3 is 2.62 bits per heavy atom. The normalized spacial score (nSPS) is 12.4. The zero-order valence-corrected chi connectivity index (χ0v) is 12.1. The van der Waals surface area contributed by atoms with Crippen LogP contribution in [0.25, 0.3) is 10.9 Å². The van der Waals surface area contributed by atoms with Crippen molar-refractivity contribution in [3.63, 3.8) is 0 Å². The number of hydrogen-bond donors (Lipinski definition) is 0. The second-order valence-corrected chi connectivity index (χ2v) is 6.27. The first-order valence-electron chi connectivity index (χ1n) is 6.71. The lowest BCUT2D eigenvalue weighted by Crippen LogP contribution is -2.03. The lowest BCUT2D eigenvalue weighted by Gasteiger charge is -2.07. The number of rotatable bonds is 4. The lowest BCUT2D eigenvalue weighted by atomic mass is 10.2. The van der Waals surface area contributed by atoms with Crippen LogP contribution in [0.15, 0.2) is 65.7 Å². The van der Waals surface area contributed by atoms with E-state index in [2.05, 4.69) is 4.98 Å². The van der Waals surface area contributed by atoms with Crippen molar-refractivity contribution in [2.24, 2.45) is 0 Å². The zero-order valence-electron chi connectivity index (χ0n) is 11.3. The van der Waals surface area contributed by atoms with E-state index >= 15 is 0 Å². The molecule has 0 aliphatic rings. The molecule has 0 fully saturated rings. The lowest BCUT2D eigenvalue weighted by molar-refractivity contribution is 0.636. The average molecular weight is 299 g/mol. The molecular formula is C17H14FNOS. The summed E-state index contributed by atoms with van der Waals surface area (Å²) in [4.78, 5) is 4.68. The fourth-order valence-corrected chi connectivity index (χ4v) is 3.54. The molecular weight excluding hydrogens is 285 g/mol. The van der Waals surface area contributed by atoms with Crippen LogP contribution in [0, 0.1) is 5.82 Å². The zero-order chi connectivity index (χ0) is 14.7. The fraction of sp³-hybridized carbons (Fsp3) is 0.118. The highest BCUT2D eigenvalue weighted by atomic mass is 32.2. The summed E-state index contributed by atoms with van der Waals surface area (Å²) >= 11 is 0. The van der Waals surface area contributed by atoms with Crippen molar-refractivity contribution in [2.75, 3.05) is 5.75 Å². The standard InChI is InChI=1S/C17H14FNOS/c18-15-8-4-7-14-16(9-11-19-17(14)15)21(20)12-10-13-5-2-1-3-6-13/h1-9,11H,10,12H2. The van der Waals surface area contributed by atoms with E-state index in [1.807, 2.05) is 30.3 Å². The highest BCUT2D eigenvalue weighted by molar-refractivity contribution is 7.85. The van der Waals surface area contributed by atoms with Crippen LogP contribution in [0.3, 0.4) is 0 Å². The van der Waals surface area contributed by atoms with Crippen LogP contribution in [0.5, 0.6) is 0 Å². The molecule has 2 nitrogen and oxygen atoms in total. The van der Waals surface area contributed by atoms with Crippen LogP contribution in [-0.2, 0) is 17.2 Å². The number of nitrogens with zero attached hydrogens (tertiary/aromatic N) is 1. The van der Waals surface area contributed by atoms with Gasteiger partial charge in [0.2, 0.25) is 0 Å². The van der Waals surface area contributed by atoms with Crippen LogP contribution in [0.2, 0.25) is 0 Å². The maximum atomic E-state index is 13.7. The van der Waals surface area contributed by atoms with Gasteiger partial charge in [0.1, 0.15) is 11.3 Å². The van der Waals surface area contributed by atoms with Crippen LogP contribution in [-0.4, -0.2) is 14.9 Å². The van der Waals surface area contributed by atoms with E-state index in [0.717, 1.165) is 12.0 Å². The van der Waals surface area contributed by atoms with Crippen molar-refractivity contribution in [3.05, 3.63) is 72.2 Å². The van der Waals surface area contributed by atoms with Gasteiger partial charge in [-0.15, -0.1) is 0 Å². The highest BCUT2D eigenvalue weighted by Gasteiger charge is 2.11. The monoisotopic (exact) mass is 299 g/mol. The largest absolute Gasteiger partial charge is 0.254 e. The Bertz CT molecular complexity index is 789. The first-order chi connectivity index (χ1) is 10.3. The number of para-hydroxylation sites is 1. The van der Waals surface area contributed by atoms with Gasteiger partial charge in [0.05, 0.1) is 10.8 Å². The smallest absolute Gasteiger partial charge is 0.149 e. The van der Waals surface area contributed by atoms with Gasteiger partial charge in [-0.3, -0.25) is 9.19 Å². The van der Waals surface area contributed by atoms with E-state index in [4.69, 9.17) is 0 Å². The molecule has 1 aromatic heterocycles. The summed E-state index contributed by atoms with van der Waals surface area (Å²) in [5, 5.41) is 0.629. The second-order valence-electron chi connectivity index (χ2n) is 4.73. The molecule has 1 atom stereocenters. The first-order valence-corrected chi connectivity index (χ1v) is 8.03. The molecule has 0 aliphatic heterocycles. The second kappa shape index (κ2) is 6.14. The quantitative estimate of drug-likeness (QED) is 0.735. The van der Waals surface area contributed by atoms with Gasteiger partial charge >= 0.3 is 0 Å². The molecule has 0 radical (unpaired) electrons. The molecule has 0 saturated heterocycles. The summed E-state index contributed by atoms with van der Waals surface area (Å²) < 4.78 is 26.2. The van der Waals surface area contributed by atoms with E-state index in [0.29, 0.717) is 16.0 Å². The third kappa shape index (κ3) is 3.00. The third-order valence-electron chi connectivity index (χ3n) is 3.35. The van der Waals surface area contributed by atoms with Gasteiger partial charge in [0.25, 0.3) is 0 Å². The molecule has 3 aromatic rings. The molecule has 0 bridgehead atoms. The molecule has 0 spiro atoms. The summed E-state index contributed by atoms with van der Waals surface area (Å²) in [5.41, 5.74) is 1.43. The Morgan fingerprint density at radius 2 is 1.81 bits per heavy atom. The first kappa shape index (κ1) is 13.9. The maximum Gasteiger partial charge on any atom is 0.149 e. The minimum absolute atomic E-state index is 0.281. The van der Waals surface area contributed by atoms with Gasteiger partial charge in [0, 0.05) is 22.2 Å². The van der Waals surface area contributed by atoms with Gasteiger partial charge in [-0.1, -0.05) is 42.5 Å². The van der Waals surface area contributed by atoms with Crippen LogP contribution in [0.4, 0.5) is 4.39 Å². The predicted octanol–water partition coefficient (Wildman–Crippen LogP) is 3.72. The molecule has 0 aliphatic carbocycles. The number of benzene rings is 2. The van der Waals surface area contributed by atoms with E-state index in [1.54, 1.807) is 18.2 Å². The summed E-state index contributed by atoms with van der Waals surface area (Å²) in [7, 11) is -1.17. The minimum Gasteiger partial charge on any atom is -0.254 e. The van der Waals surface area contributed by atoms with E-state index < -0.39 is 10.8 Å². The molecule has 4 heteroatoms. The predicted molar refractivity (Wildman–Crippen MR) is 83.1 cm³/mol. The molecule has 0 saturated carbocycles. The minimum atomic E-state index is -1.17. The molecule has 3 rings (SSSR count). The van der Waals surface area contributed by atoms with Gasteiger partial charge < -0.3 is 0 Å².